The standard InChI is InChI=1S/C14H32N4/c1-11(2)18(12(3)4)10-9-16-13(15-8)17-14(5,6)7/h11-12H,9-10H2,1-8H3,(H2,15,16,17). The predicted molar refractivity (Wildman–Crippen MR) is 81.2 cm³/mol. The first-order chi connectivity index (χ1) is 8.17. The van der Waals surface area contributed by atoms with Crippen LogP contribution in [0.15, 0.2) is 4.99 Å². The number of hydrogen-bond donors (Lipinski definition) is 2. The van der Waals surface area contributed by atoms with Gasteiger partial charge < -0.3 is 10.6 Å². The van der Waals surface area contributed by atoms with Crippen LogP contribution in [-0.2, 0) is 0 Å². The molecule has 0 saturated carbocycles. The smallest absolute Gasteiger partial charge is 0.191 e. The molecule has 0 atom stereocenters. The van der Waals surface area contributed by atoms with Gasteiger partial charge in [-0.1, -0.05) is 0 Å². The molecule has 0 heterocycles. The number of hydrogen-bond acceptors (Lipinski definition) is 2. The molecule has 0 unspecified atom stereocenters. The van der Waals surface area contributed by atoms with Crippen molar-refractivity contribution in [3.63, 3.8) is 0 Å². The van der Waals surface area contributed by atoms with Crippen LogP contribution in [0, 0.1) is 0 Å². The maximum atomic E-state index is 4.24. The zero-order chi connectivity index (χ0) is 14.3. The van der Waals surface area contributed by atoms with Crippen molar-refractivity contribution < 1.29 is 0 Å². The molecule has 0 amide bonds. The van der Waals surface area contributed by atoms with E-state index in [0.717, 1.165) is 19.0 Å². The Balaban J connectivity index is 4.15. The zero-order valence-electron chi connectivity index (χ0n) is 13.5. The first-order valence-electron chi connectivity index (χ1n) is 6.92. The minimum atomic E-state index is 0.0393. The van der Waals surface area contributed by atoms with Crippen LogP contribution in [0.2, 0.25) is 0 Å². The number of nitrogens with zero attached hydrogens (tertiary/aromatic N) is 2. The molecule has 0 spiro atoms. The number of aliphatic imine (C=N–C) groups is 1. The van der Waals surface area contributed by atoms with E-state index in [-0.39, 0.29) is 5.54 Å². The Hall–Kier alpha value is -0.770. The van der Waals surface area contributed by atoms with E-state index in [4.69, 9.17) is 0 Å². The number of rotatable bonds is 5. The summed E-state index contributed by atoms with van der Waals surface area (Å²) in [5.74, 6) is 0.870. The summed E-state index contributed by atoms with van der Waals surface area (Å²) >= 11 is 0. The molecular weight excluding hydrogens is 224 g/mol. The maximum absolute atomic E-state index is 4.24. The summed E-state index contributed by atoms with van der Waals surface area (Å²) in [5.41, 5.74) is 0.0393. The van der Waals surface area contributed by atoms with Crippen molar-refractivity contribution in [2.75, 3.05) is 20.1 Å². The summed E-state index contributed by atoms with van der Waals surface area (Å²) in [6, 6.07) is 1.15. The van der Waals surface area contributed by atoms with Gasteiger partial charge in [0.1, 0.15) is 0 Å². The summed E-state index contributed by atoms with van der Waals surface area (Å²) in [5, 5.41) is 6.72. The van der Waals surface area contributed by atoms with Gasteiger partial charge in [0.15, 0.2) is 5.96 Å². The van der Waals surface area contributed by atoms with Gasteiger partial charge in [0.05, 0.1) is 0 Å². The Morgan fingerprint density at radius 2 is 1.61 bits per heavy atom. The third kappa shape index (κ3) is 7.54. The topological polar surface area (TPSA) is 39.7 Å². The van der Waals surface area contributed by atoms with Crippen LogP contribution < -0.4 is 10.6 Å². The van der Waals surface area contributed by atoms with Crippen molar-refractivity contribution in [3.8, 4) is 0 Å². The van der Waals surface area contributed by atoms with Gasteiger partial charge in [0.25, 0.3) is 0 Å². The minimum absolute atomic E-state index is 0.0393. The quantitative estimate of drug-likeness (QED) is 0.584. The molecule has 0 radical (unpaired) electrons. The van der Waals surface area contributed by atoms with E-state index in [9.17, 15) is 0 Å². The first kappa shape index (κ1) is 17.2. The van der Waals surface area contributed by atoms with Crippen molar-refractivity contribution in [2.45, 2.75) is 66.1 Å². The molecule has 2 N–H and O–H groups in total. The van der Waals surface area contributed by atoms with Gasteiger partial charge >= 0.3 is 0 Å². The summed E-state index contributed by atoms with van der Waals surface area (Å²) in [6.07, 6.45) is 0. The van der Waals surface area contributed by atoms with E-state index in [2.05, 4.69) is 69.0 Å². The molecule has 0 aromatic rings. The highest BCUT2D eigenvalue weighted by atomic mass is 15.2. The van der Waals surface area contributed by atoms with Gasteiger partial charge in [-0.3, -0.25) is 9.89 Å². The Morgan fingerprint density at radius 3 is 1.94 bits per heavy atom. The van der Waals surface area contributed by atoms with Crippen LogP contribution in [0.1, 0.15) is 48.5 Å². The average Bonchev–Trinajstić information content (AvgIpc) is 2.19. The second kappa shape index (κ2) is 7.62. The second-order valence-corrected chi connectivity index (χ2v) is 6.30. The van der Waals surface area contributed by atoms with Gasteiger partial charge in [-0.25, -0.2) is 0 Å². The van der Waals surface area contributed by atoms with Crippen molar-refractivity contribution in [1.82, 2.24) is 15.5 Å². The Morgan fingerprint density at radius 1 is 1.11 bits per heavy atom. The molecule has 0 fully saturated rings. The SMILES string of the molecule is CN=C(NCCN(C(C)C)C(C)C)NC(C)(C)C. The number of guanidine groups is 1. The molecule has 4 heteroatoms. The fourth-order valence-corrected chi connectivity index (χ4v) is 1.95. The second-order valence-electron chi connectivity index (χ2n) is 6.30. The van der Waals surface area contributed by atoms with Gasteiger partial charge in [-0.2, -0.15) is 0 Å². The molecule has 0 aliphatic carbocycles. The van der Waals surface area contributed by atoms with Crippen LogP contribution in [0.3, 0.4) is 0 Å². The Bertz CT molecular complexity index is 243. The lowest BCUT2D eigenvalue weighted by atomic mass is 10.1. The third-order valence-electron chi connectivity index (χ3n) is 2.71. The lowest BCUT2D eigenvalue weighted by molar-refractivity contribution is 0.178. The monoisotopic (exact) mass is 256 g/mol. The van der Waals surface area contributed by atoms with E-state index >= 15 is 0 Å². The average molecular weight is 256 g/mol. The molecule has 108 valence electrons. The summed E-state index contributed by atoms with van der Waals surface area (Å²) in [4.78, 5) is 6.71. The normalized spacial score (nSPS) is 13.6. The van der Waals surface area contributed by atoms with E-state index in [1.54, 1.807) is 0 Å². The molecular formula is C14H32N4. The van der Waals surface area contributed by atoms with E-state index < -0.39 is 0 Å². The van der Waals surface area contributed by atoms with Crippen LogP contribution in [0.25, 0.3) is 0 Å². The highest BCUT2D eigenvalue weighted by Gasteiger charge is 2.14. The predicted octanol–water partition coefficient (Wildman–Crippen LogP) is 2.07. The molecule has 0 aromatic heterocycles. The molecule has 18 heavy (non-hydrogen) atoms. The first-order valence-corrected chi connectivity index (χ1v) is 6.92. The van der Waals surface area contributed by atoms with Crippen LogP contribution in [-0.4, -0.2) is 48.6 Å². The van der Waals surface area contributed by atoms with Gasteiger partial charge in [0, 0.05) is 37.8 Å². The Labute approximate surface area is 113 Å². The van der Waals surface area contributed by atoms with Gasteiger partial charge in [0.2, 0.25) is 0 Å². The Kier molecular flexibility index (Phi) is 7.29. The fourth-order valence-electron chi connectivity index (χ4n) is 1.95. The number of nitrogens with one attached hydrogen (secondary N) is 2. The minimum Gasteiger partial charge on any atom is -0.355 e. The highest BCUT2D eigenvalue weighted by Crippen LogP contribution is 2.03. The molecule has 0 aliphatic rings. The lowest BCUT2D eigenvalue weighted by Gasteiger charge is -2.31. The summed E-state index contributed by atoms with van der Waals surface area (Å²) in [6.45, 7) is 17.3. The van der Waals surface area contributed by atoms with Crippen LogP contribution in [0.5, 0.6) is 0 Å². The van der Waals surface area contributed by atoms with Crippen molar-refractivity contribution in [2.24, 2.45) is 4.99 Å². The van der Waals surface area contributed by atoms with Crippen LogP contribution >= 0.6 is 0 Å². The van der Waals surface area contributed by atoms with Crippen molar-refractivity contribution in [3.05, 3.63) is 0 Å². The largest absolute Gasteiger partial charge is 0.355 e. The molecule has 0 saturated heterocycles. The van der Waals surface area contributed by atoms with E-state index in [1.165, 1.54) is 0 Å². The summed E-state index contributed by atoms with van der Waals surface area (Å²) < 4.78 is 0. The highest BCUT2D eigenvalue weighted by molar-refractivity contribution is 5.80. The molecule has 0 aromatic carbocycles. The van der Waals surface area contributed by atoms with Gasteiger partial charge in [-0.05, 0) is 48.5 Å². The molecule has 0 rings (SSSR count). The fraction of sp³-hybridized carbons (Fsp3) is 0.929. The van der Waals surface area contributed by atoms with Crippen molar-refractivity contribution >= 4 is 5.96 Å². The molecule has 4 nitrogen and oxygen atoms in total. The lowest BCUT2D eigenvalue weighted by Crippen LogP contribution is -2.50. The van der Waals surface area contributed by atoms with Gasteiger partial charge in [-0.15, -0.1) is 0 Å². The van der Waals surface area contributed by atoms with Crippen molar-refractivity contribution in [1.29, 1.82) is 0 Å². The summed E-state index contributed by atoms with van der Waals surface area (Å²) in [7, 11) is 1.81. The van der Waals surface area contributed by atoms with E-state index in [0.29, 0.717) is 12.1 Å². The maximum Gasteiger partial charge on any atom is 0.191 e. The molecule has 0 bridgehead atoms. The molecule has 0 aliphatic heterocycles. The van der Waals surface area contributed by atoms with Crippen LogP contribution in [0.4, 0.5) is 0 Å². The third-order valence-corrected chi connectivity index (χ3v) is 2.71. The van der Waals surface area contributed by atoms with E-state index in [1.807, 2.05) is 7.05 Å². The zero-order valence-corrected chi connectivity index (χ0v) is 13.5.